The van der Waals surface area contributed by atoms with Crippen molar-refractivity contribution in [3.8, 4) is 0 Å². The number of hydrogen-bond acceptors (Lipinski definition) is 6. The molecule has 1 fully saturated rings. The minimum Gasteiger partial charge on any atom is -0.328 e. The normalized spacial score (nSPS) is 16.2. The Balaban J connectivity index is 1.57. The highest BCUT2D eigenvalue weighted by Crippen LogP contribution is 2.32. The van der Waals surface area contributed by atoms with Gasteiger partial charge in [-0.05, 0) is 45.2 Å². The van der Waals surface area contributed by atoms with Gasteiger partial charge in [0.25, 0.3) is 11.8 Å². The molecule has 7 nitrogen and oxygen atoms in total. The zero-order chi connectivity index (χ0) is 22.0. The van der Waals surface area contributed by atoms with Crippen molar-refractivity contribution in [2.24, 2.45) is 0 Å². The molecule has 2 amide bonds. The van der Waals surface area contributed by atoms with E-state index in [4.69, 9.17) is 0 Å². The molecule has 9 heteroatoms. The van der Waals surface area contributed by atoms with Gasteiger partial charge in [0.05, 0.1) is 34.2 Å². The third kappa shape index (κ3) is 4.32. The lowest BCUT2D eigenvalue weighted by atomic mass is 10.0. The fourth-order valence-electron chi connectivity index (χ4n) is 3.70. The predicted octanol–water partition coefficient (Wildman–Crippen LogP) is 4.31. The van der Waals surface area contributed by atoms with Crippen LogP contribution in [0.25, 0.3) is 0 Å². The van der Waals surface area contributed by atoms with Crippen LogP contribution in [0.5, 0.6) is 0 Å². The lowest BCUT2D eigenvalue weighted by Gasteiger charge is -2.34. The minimum atomic E-state index is -0.513. The number of carbonyl (C=O) groups is 2. The third-order valence-electron chi connectivity index (χ3n) is 5.37. The maximum absolute atomic E-state index is 13.8. The number of anilines is 1. The lowest BCUT2D eigenvalue weighted by Crippen LogP contribution is -2.39. The fraction of sp³-hybridized carbons (Fsp3) is 0.318. The van der Waals surface area contributed by atoms with Crippen LogP contribution < -0.4 is 5.32 Å². The van der Waals surface area contributed by atoms with Crippen molar-refractivity contribution in [1.29, 1.82) is 0 Å². The first-order valence-electron chi connectivity index (χ1n) is 10.1. The number of halogens is 1. The molecular formula is C22H22FN5O2S. The highest BCUT2D eigenvalue weighted by atomic mass is 32.1. The molecule has 160 valence electrons. The summed E-state index contributed by atoms with van der Waals surface area (Å²) < 4.78 is 13.8. The number of piperidine rings is 1. The Labute approximate surface area is 183 Å². The Bertz CT molecular complexity index is 1130. The summed E-state index contributed by atoms with van der Waals surface area (Å²) in [5.41, 5.74) is 3.23. The highest BCUT2D eigenvalue weighted by Gasteiger charge is 2.32. The molecule has 0 bridgehead atoms. The number of nitrogens with one attached hydrogen (secondary N) is 1. The molecule has 1 N–H and O–H groups in total. The Kier molecular flexibility index (Phi) is 6.03. The molecule has 2 aromatic heterocycles. The smallest absolute Gasteiger partial charge is 0.266 e. The van der Waals surface area contributed by atoms with Crippen LogP contribution in [0.3, 0.4) is 0 Å². The molecule has 0 unspecified atom stereocenters. The molecular weight excluding hydrogens is 417 g/mol. The molecule has 31 heavy (non-hydrogen) atoms. The average Bonchev–Trinajstić information content (AvgIpc) is 3.20. The van der Waals surface area contributed by atoms with Gasteiger partial charge in [0.15, 0.2) is 5.82 Å². The minimum absolute atomic E-state index is 0.0627. The highest BCUT2D eigenvalue weighted by molar-refractivity contribution is 7.11. The Hall–Kier alpha value is -3.20. The largest absolute Gasteiger partial charge is 0.328 e. The maximum Gasteiger partial charge on any atom is 0.266 e. The number of carbonyl (C=O) groups excluding carboxylic acids is 2. The summed E-state index contributed by atoms with van der Waals surface area (Å²) in [4.78, 5) is 41.3. The maximum atomic E-state index is 13.8. The monoisotopic (exact) mass is 439 g/mol. The molecule has 1 aliphatic heterocycles. The van der Waals surface area contributed by atoms with Crippen molar-refractivity contribution < 1.29 is 14.0 Å². The van der Waals surface area contributed by atoms with Gasteiger partial charge in [-0.25, -0.2) is 19.3 Å². The zero-order valence-corrected chi connectivity index (χ0v) is 18.1. The van der Waals surface area contributed by atoms with E-state index >= 15 is 0 Å². The predicted molar refractivity (Wildman–Crippen MR) is 116 cm³/mol. The van der Waals surface area contributed by atoms with Crippen LogP contribution in [0.15, 0.2) is 36.0 Å². The second-order valence-corrected chi connectivity index (χ2v) is 8.29. The molecule has 1 aliphatic rings. The third-order valence-corrected chi connectivity index (χ3v) is 6.28. The van der Waals surface area contributed by atoms with E-state index in [-0.39, 0.29) is 23.2 Å². The van der Waals surface area contributed by atoms with Crippen molar-refractivity contribution in [3.05, 3.63) is 69.4 Å². The van der Waals surface area contributed by atoms with Gasteiger partial charge in [-0.1, -0.05) is 12.1 Å². The first-order chi connectivity index (χ1) is 15.0. The molecule has 1 aromatic carbocycles. The summed E-state index contributed by atoms with van der Waals surface area (Å²) in [6, 6.07) is 5.71. The Morgan fingerprint density at radius 1 is 1.16 bits per heavy atom. The number of hydrogen-bond donors (Lipinski definition) is 1. The standard InChI is InChI=1S/C22H22FN5O2S/c1-13-15(21(29)27-17-8-4-3-7-16(17)23)11-24-20(26-13)18-9-5-6-10-28(18)22(30)19-14(2)25-12-31-19/h3-4,7-8,11-12,18H,5-6,9-10H2,1-2H3,(H,27,29)/t18-/m1/s1. The van der Waals surface area contributed by atoms with Crippen LogP contribution in [-0.4, -0.2) is 38.2 Å². The molecule has 0 saturated carbocycles. The van der Waals surface area contributed by atoms with E-state index in [1.54, 1.807) is 29.5 Å². The van der Waals surface area contributed by atoms with Crippen molar-refractivity contribution in [1.82, 2.24) is 19.9 Å². The van der Waals surface area contributed by atoms with Gasteiger partial charge in [0, 0.05) is 12.7 Å². The van der Waals surface area contributed by atoms with Crippen LogP contribution >= 0.6 is 11.3 Å². The molecule has 4 rings (SSSR count). The zero-order valence-electron chi connectivity index (χ0n) is 17.3. The van der Waals surface area contributed by atoms with Gasteiger partial charge >= 0.3 is 0 Å². The molecule has 3 aromatic rings. The summed E-state index contributed by atoms with van der Waals surface area (Å²) in [6.45, 7) is 4.16. The summed E-state index contributed by atoms with van der Waals surface area (Å²) >= 11 is 1.33. The van der Waals surface area contributed by atoms with Crippen LogP contribution in [0, 0.1) is 19.7 Å². The average molecular weight is 440 g/mol. The molecule has 3 heterocycles. The number of rotatable bonds is 4. The topological polar surface area (TPSA) is 88.1 Å². The number of likely N-dealkylation sites (tertiary alicyclic amines) is 1. The molecule has 1 atom stereocenters. The van der Waals surface area contributed by atoms with E-state index < -0.39 is 11.7 Å². The second-order valence-electron chi connectivity index (χ2n) is 7.44. The van der Waals surface area contributed by atoms with Gasteiger partial charge in [0.1, 0.15) is 10.7 Å². The number of para-hydroxylation sites is 1. The van der Waals surface area contributed by atoms with E-state index in [0.717, 1.165) is 25.0 Å². The number of benzene rings is 1. The quantitative estimate of drug-likeness (QED) is 0.655. The Morgan fingerprint density at radius 3 is 2.68 bits per heavy atom. The van der Waals surface area contributed by atoms with Gasteiger partial charge in [-0.15, -0.1) is 11.3 Å². The van der Waals surface area contributed by atoms with E-state index in [2.05, 4.69) is 20.3 Å². The Morgan fingerprint density at radius 2 is 1.97 bits per heavy atom. The molecule has 0 aliphatic carbocycles. The molecule has 0 radical (unpaired) electrons. The van der Waals surface area contributed by atoms with Crippen LogP contribution in [0.2, 0.25) is 0 Å². The van der Waals surface area contributed by atoms with Crippen LogP contribution in [0.4, 0.5) is 10.1 Å². The van der Waals surface area contributed by atoms with Crippen molar-refractivity contribution >= 4 is 28.8 Å². The van der Waals surface area contributed by atoms with Crippen molar-refractivity contribution in [2.45, 2.75) is 39.2 Å². The molecule has 0 spiro atoms. The van der Waals surface area contributed by atoms with E-state index in [0.29, 0.717) is 22.9 Å². The number of amides is 2. The lowest BCUT2D eigenvalue weighted by molar-refractivity contribution is 0.0603. The molecule has 1 saturated heterocycles. The first-order valence-corrected chi connectivity index (χ1v) is 10.9. The van der Waals surface area contributed by atoms with Crippen molar-refractivity contribution in [2.75, 3.05) is 11.9 Å². The van der Waals surface area contributed by atoms with Crippen LogP contribution in [-0.2, 0) is 0 Å². The van der Waals surface area contributed by atoms with E-state index in [9.17, 15) is 14.0 Å². The number of aromatic nitrogens is 3. The van der Waals surface area contributed by atoms with E-state index in [1.165, 1.54) is 29.7 Å². The number of thiazole rings is 1. The second kappa shape index (κ2) is 8.89. The van der Waals surface area contributed by atoms with Crippen LogP contribution in [0.1, 0.15) is 62.5 Å². The fourth-order valence-corrected chi connectivity index (χ4v) is 4.46. The number of aryl methyl sites for hydroxylation is 2. The summed E-state index contributed by atoms with van der Waals surface area (Å²) in [5, 5.41) is 2.55. The summed E-state index contributed by atoms with van der Waals surface area (Å²) in [5.74, 6) is -0.547. The summed E-state index contributed by atoms with van der Waals surface area (Å²) in [6.07, 6.45) is 4.09. The van der Waals surface area contributed by atoms with Crippen molar-refractivity contribution in [3.63, 3.8) is 0 Å². The van der Waals surface area contributed by atoms with E-state index in [1.807, 2.05) is 6.92 Å². The number of nitrogens with zero attached hydrogens (tertiary/aromatic N) is 4. The first kappa shape index (κ1) is 21.0. The van der Waals surface area contributed by atoms with Gasteiger partial charge in [-0.2, -0.15) is 0 Å². The van der Waals surface area contributed by atoms with Gasteiger partial charge in [0.2, 0.25) is 0 Å². The SMILES string of the molecule is Cc1nc([C@H]2CCCCN2C(=O)c2scnc2C)ncc1C(=O)Nc1ccccc1F. The summed E-state index contributed by atoms with van der Waals surface area (Å²) in [7, 11) is 0. The van der Waals surface area contributed by atoms with Gasteiger partial charge in [-0.3, -0.25) is 9.59 Å². The van der Waals surface area contributed by atoms with Gasteiger partial charge < -0.3 is 10.2 Å².